The van der Waals surface area contributed by atoms with Crippen molar-refractivity contribution in [3.05, 3.63) is 90.5 Å². The highest BCUT2D eigenvalue weighted by molar-refractivity contribution is 7.79. The van der Waals surface area contributed by atoms with Gasteiger partial charge in [-0.05, 0) is 49.7 Å². The van der Waals surface area contributed by atoms with Crippen LogP contribution in [0.1, 0.15) is 52.0 Å². The Balaban J connectivity index is 1.95. The van der Waals surface area contributed by atoms with Gasteiger partial charge in [0.15, 0.2) is 0 Å². The van der Waals surface area contributed by atoms with E-state index in [4.69, 9.17) is 0 Å². The fraction of sp³-hybridized carbons (Fsp3) is 0.379. The van der Waals surface area contributed by atoms with Crippen LogP contribution in [0.4, 0.5) is 0 Å². The fourth-order valence-corrected chi connectivity index (χ4v) is 6.83. The highest BCUT2D eigenvalue weighted by Crippen LogP contribution is 2.33. The van der Waals surface area contributed by atoms with Crippen molar-refractivity contribution < 1.29 is 4.48 Å². The molecule has 3 rings (SSSR count). The second-order valence-corrected chi connectivity index (χ2v) is 10.9. The monoisotopic (exact) mass is 432 g/mol. The molecule has 0 unspecified atom stereocenters. The Morgan fingerprint density at radius 3 is 1.61 bits per heavy atom. The van der Waals surface area contributed by atoms with Crippen LogP contribution in [0.15, 0.2) is 84.9 Å². The third-order valence-corrected chi connectivity index (χ3v) is 8.78. The molecule has 3 aromatic carbocycles. The maximum absolute atomic E-state index is 2.51. The third kappa shape index (κ3) is 6.52. The Bertz CT molecular complexity index is 843. The number of hydrogen-bond donors (Lipinski definition) is 0. The van der Waals surface area contributed by atoms with Crippen molar-refractivity contribution in [2.75, 3.05) is 19.6 Å². The van der Waals surface area contributed by atoms with Gasteiger partial charge in [0.25, 0.3) is 0 Å². The van der Waals surface area contributed by atoms with Gasteiger partial charge in [-0.1, -0.05) is 106 Å². The summed E-state index contributed by atoms with van der Waals surface area (Å²) in [5, 5.41) is 4.31. The first-order chi connectivity index (χ1) is 15.2. The number of rotatable bonds is 12. The van der Waals surface area contributed by atoms with Gasteiger partial charge in [0.05, 0.1) is 19.6 Å². The van der Waals surface area contributed by atoms with Crippen LogP contribution in [0.2, 0.25) is 0 Å². The lowest BCUT2D eigenvalue weighted by molar-refractivity contribution is -0.939. The minimum Gasteiger partial charge on any atom is -0.320 e. The molecule has 0 heterocycles. The van der Waals surface area contributed by atoms with Crippen molar-refractivity contribution in [2.24, 2.45) is 0 Å². The quantitative estimate of drug-likeness (QED) is 0.230. The van der Waals surface area contributed by atoms with E-state index in [2.05, 4.69) is 106 Å². The highest BCUT2D eigenvalue weighted by Gasteiger charge is 2.25. The number of hydrogen-bond acceptors (Lipinski definition) is 0. The van der Waals surface area contributed by atoms with Gasteiger partial charge in [-0.25, -0.2) is 0 Å². The molecule has 0 aliphatic carbocycles. The number of nitrogens with zero attached hydrogens (tertiary/aromatic N) is 1. The molecule has 164 valence electrons. The van der Waals surface area contributed by atoms with Crippen LogP contribution in [0.3, 0.4) is 0 Å². The van der Waals surface area contributed by atoms with E-state index in [1.165, 1.54) is 71.3 Å². The topological polar surface area (TPSA) is 0 Å². The van der Waals surface area contributed by atoms with E-state index >= 15 is 0 Å². The van der Waals surface area contributed by atoms with Crippen molar-refractivity contribution in [3.63, 3.8) is 0 Å². The lowest BCUT2D eigenvalue weighted by Gasteiger charge is -2.38. The normalized spacial score (nSPS) is 11.7. The van der Waals surface area contributed by atoms with Crippen LogP contribution in [0, 0.1) is 0 Å². The first kappa shape index (κ1) is 23.7. The molecule has 0 aromatic heterocycles. The van der Waals surface area contributed by atoms with Gasteiger partial charge in [0.1, 0.15) is 6.54 Å². The molecule has 0 bridgehead atoms. The zero-order valence-corrected chi connectivity index (χ0v) is 20.5. The first-order valence-electron chi connectivity index (χ1n) is 12.1. The Labute approximate surface area is 191 Å². The second kappa shape index (κ2) is 12.2. The highest BCUT2D eigenvalue weighted by atomic mass is 31.1. The molecule has 0 N–H and O–H groups in total. The molecule has 0 amide bonds. The van der Waals surface area contributed by atoms with Gasteiger partial charge in [0, 0.05) is 5.56 Å². The van der Waals surface area contributed by atoms with Crippen LogP contribution in [0.25, 0.3) is 0 Å². The first-order valence-corrected chi connectivity index (χ1v) is 13.4. The zero-order chi connectivity index (χ0) is 21.9. The average molecular weight is 433 g/mol. The average Bonchev–Trinajstić information content (AvgIpc) is 2.83. The summed E-state index contributed by atoms with van der Waals surface area (Å²) in [6.07, 6.45) is 5.19. The van der Waals surface area contributed by atoms with Crippen LogP contribution < -0.4 is 15.9 Å². The molecular formula is C29H39NP+. The summed E-state index contributed by atoms with van der Waals surface area (Å²) in [5.74, 6) is 0. The van der Waals surface area contributed by atoms with Crippen molar-refractivity contribution in [1.82, 2.24) is 0 Å². The predicted octanol–water partition coefficient (Wildman–Crippen LogP) is 6.38. The van der Waals surface area contributed by atoms with E-state index in [9.17, 15) is 0 Å². The predicted molar refractivity (Wildman–Crippen MR) is 139 cm³/mol. The Hall–Kier alpha value is -1.95. The molecule has 0 radical (unpaired) electrons. The number of quaternary nitrogens is 1. The molecule has 0 atom stereocenters. The maximum Gasteiger partial charge on any atom is 0.104 e. The van der Waals surface area contributed by atoms with E-state index in [-0.39, 0.29) is 0 Å². The van der Waals surface area contributed by atoms with E-state index in [0.29, 0.717) is 0 Å². The summed E-state index contributed by atoms with van der Waals surface area (Å²) < 4.78 is 1.22. The molecule has 2 heteroatoms. The lowest BCUT2D eigenvalue weighted by Crippen LogP contribution is -2.48. The summed E-state index contributed by atoms with van der Waals surface area (Å²) in [6, 6.07) is 31.6. The molecule has 0 aliphatic heterocycles. The van der Waals surface area contributed by atoms with E-state index in [1.807, 2.05) is 0 Å². The van der Waals surface area contributed by atoms with Gasteiger partial charge in [0.2, 0.25) is 0 Å². The van der Waals surface area contributed by atoms with Crippen molar-refractivity contribution in [3.8, 4) is 0 Å². The van der Waals surface area contributed by atoms with Crippen molar-refractivity contribution >= 4 is 23.8 Å². The van der Waals surface area contributed by atoms with Crippen LogP contribution in [-0.2, 0) is 6.54 Å². The molecular weight excluding hydrogens is 393 g/mol. The van der Waals surface area contributed by atoms with Gasteiger partial charge in [-0.2, -0.15) is 0 Å². The van der Waals surface area contributed by atoms with Gasteiger partial charge >= 0.3 is 0 Å². The number of benzene rings is 3. The molecule has 31 heavy (non-hydrogen) atoms. The van der Waals surface area contributed by atoms with E-state index < -0.39 is 7.92 Å². The molecule has 0 saturated carbocycles. The molecule has 0 saturated heterocycles. The van der Waals surface area contributed by atoms with Crippen LogP contribution in [-0.4, -0.2) is 24.1 Å². The largest absolute Gasteiger partial charge is 0.320 e. The standard InChI is InChI=1S/C29H39NP/c1-4-7-22-30(6-3,23-8-5-2)25-26-16-15-21-29(24-26)31(27-17-11-9-12-18-27)28-19-13-10-14-20-28/h9-21,24H,4-8,22-23,25H2,1-3H3/q+1. The summed E-state index contributed by atoms with van der Waals surface area (Å²) in [5.41, 5.74) is 1.49. The van der Waals surface area contributed by atoms with Crippen LogP contribution >= 0.6 is 7.92 Å². The Kier molecular flexibility index (Phi) is 9.31. The second-order valence-electron chi connectivity index (χ2n) is 8.65. The van der Waals surface area contributed by atoms with Gasteiger partial charge in [-0.15, -0.1) is 0 Å². The zero-order valence-electron chi connectivity index (χ0n) is 19.6. The van der Waals surface area contributed by atoms with E-state index in [1.54, 1.807) is 0 Å². The lowest BCUT2D eigenvalue weighted by atomic mass is 10.1. The maximum atomic E-state index is 2.51. The van der Waals surface area contributed by atoms with Gasteiger partial charge in [-0.3, -0.25) is 0 Å². The summed E-state index contributed by atoms with van der Waals surface area (Å²) in [7, 11) is -0.537. The minimum absolute atomic E-state index is 0.537. The van der Waals surface area contributed by atoms with Crippen molar-refractivity contribution in [1.29, 1.82) is 0 Å². The molecule has 1 nitrogen and oxygen atoms in total. The molecule has 0 fully saturated rings. The van der Waals surface area contributed by atoms with Crippen molar-refractivity contribution in [2.45, 2.75) is 53.0 Å². The summed E-state index contributed by atoms with van der Waals surface area (Å²) in [4.78, 5) is 0. The van der Waals surface area contributed by atoms with E-state index in [0.717, 1.165) is 6.54 Å². The Morgan fingerprint density at radius 2 is 1.13 bits per heavy atom. The summed E-state index contributed by atoms with van der Waals surface area (Å²) >= 11 is 0. The minimum atomic E-state index is -0.537. The third-order valence-electron chi connectivity index (χ3n) is 6.36. The molecule has 0 aliphatic rings. The summed E-state index contributed by atoms with van der Waals surface area (Å²) in [6.45, 7) is 12.0. The number of unbranched alkanes of at least 4 members (excludes halogenated alkanes) is 2. The smallest absolute Gasteiger partial charge is 0.104 e. The Morgan fingerprint density at radius 1 is 0.613 bits per heavy atom. The van der Waals surface area contributed by atoms with Crippen LogP contribution in [0.5, 0.6) is 0 Å². The fourth-order valence-electron chi connectivity index (χ4n) is 4.47. The SMILES string of the molecule is CCCC[N+](CC)(CCCC)Cc1cccc(P(c2ccccc2)c2ccccc2)c1. The molecule has 3 aromatic rings. The molecule has 0 spiro atoms. The van der Waals surface area contributed by atoms with Gasteiger partial charge < -0.3 is 4.48 Å².